The van der Waals surface area contributed by atoms with E-state index in [1.54, 1.807) is 31.2 Å². The topological polar surface area (TPSA) is 83.1 Å². The first-order chi connectivity index (χ1) is 13.1. The smallest absolute Gasteiger partial charge is 0.338 e. The van der Waals surface area contributed by atoms with E-state index in [2.05, 4.69) is 5.32 Å². The Labute approximate surface area is 157 Å². The maximum Gasteiger partial charge on any atom is 0.338 e. The normalized spacial score (nSPS) is 13.0. The quantitative estimate of drug-likeness (QED) is 0.754. The highest BCUT2D eigenvalue weighted by molar-refractivity contribution is 5.89. The molecule has 7 heteroatoms. The number of ether oxygens (including phenoxy) is 4. The van der Waals surface area contributed by atoms with Gasteiger partial charge < -0.3 is 24.3 Å². The molecule has 27 heavy (non-hydrogen) atoms. The molecule has 1 heterocycles. The largest absolute Gasteiger partial charge is 0.484 e. The monoisotopic (exact) mass is 371 g/mol. The highest BCUT2D eigenvalue weighted by Crippen LogP contribution is 2.34. The number of benzene rings is 2. The zero-order chi connectivity index (χ0) is 19.2. The number of carbonyl (C=O) groups is 2. The highest BCUT2D eigenvalue weighted by atomic mass is 16.7. The second-order valence-electron chi connectivity index (χ2n) is 5.94. The average molecular weight is 371 g/mol. The van der Waals surface area contributed by atoms with Crippen LogP contribution in [0.25, 0.3) is 0 Å². The molecular weight excluding hydrogens is 350 g/mol. The number of nitrogens with one attached hydrogen (secondary N) is 1. The molecule has 0 saturated heterocycles. The van der Waals surface area contributed by atoms with Crippen LogP contribution in [0.2, 0.25) is 0 Å². The molecule has 1 atom stereocenters. The number of fused-ring (bicyclic) bond motifs is 1. The van der Waals surface area contributed by atoms with Crippen LogP contribution in [0, 0.1) is 0 Å². The molecule has 0 spiro atoms. The molecule has 0 bridgehead atoms. The zero-order valence-corrected chi connectivity index (χ0v) is 15.2. The number of esters is 1. The van der Waals surface area contributed by atoms with Crippen LogP contribution in [0.3, 0.4) is 0 Å². The number of hydrogen-bond acceptors (Lipinski definition) is 6. The van der Waals surface area contributed by atoms with Gasteiger partial charge in [-0.2, -0.15) is 0 Å². The van der Waals surface area contributed by atoms with Crippen LogP contribution >= 0.6 is 0 Å². The minimum absolute atomic E-state index is 0.131. The maximum atomic E-state index is 12.1. The van der Waals surface area contributed by atoms with E-state index in [4.69, 9.17) is 18.9 Å². The Balaban J connectivity index is 1.50. The molecule has 1 aliphatic rings. The average Bonchev–Trinajstić information content (AvgIpc) is 3.14. The van der Waals surface area contributed by atoms with Crippen LogP contribution in [0.5, 0.6) is 17.2 Å². The summed E-state index contributed by atoms with van der Waals surface area (Å²) in [5, 5.41) is 2.87. The lowest BCUT2D eigenvalue weighted by Gasteiger charge is -2.15. The predicted octanol–water partition coefficient (Wildman–Crippen LogP) is 2.85. The van der Waals surface area contributed by atoms with Crippen molar-refractivity contribution in [2.75, 3.05) is 20.0 Å². The van der Waals surface area contributed by atoms with Crippen LogP contribution in [0.15, 0.2) is 42.5 Å². The SMILES string of the molecule is CCOC(=O)c1ccc(OCC(=O)N[C@@H](C)c2ccc3c(c2)OCO3)cc1. The Morgan fingerprint density at radius 3 is 2.59 bits per heavy atom. The fraction of sp³-hybridized carbons (Fsp3) is 0.300. The molecule has 7 nitrogen and oxygen atoms in total. The van der Waals surface area contributed by atoms with Crippen molar-refractivity contribution in [1.82, 2.24) is 5.32 Å². The van der Waals surface area contributed by atoms with E-state index in [1.165, 1.54) is 0 Å². The van der Waals surface area contributed by atoms with E-state index < -0.39 is 0 Å². The third-order valence-electron chi connectivity index (χ3n) is 4.01. The molecule has 3 rings (SSSR count). The lowest BCUT2D eigenvalue weighted by Crippen LogP contribution is -2.31. The summed E-state index contributed by atoms with van der Waals surface area (Å²) in [6.07, 6.45) is 0. The Morgan fingerprint density at radius 2 is 1.85 bits per heavy atom. The highest BCUT2D eigenvalue weighted by Gasteiger charge is 2.17. The van der Waals surface area contributed by atoms with Gasteiger partial charge in [0.25, 0.3) is 5.91 Å². The van der Waals surface area contributed by atoms with Gasteiger partial charge in [-0.05, 0) is 55.8 Å². The summed E-state index contributed by atoms with van der Waals surface area (Å²) in [6, 6.07) is 11.8. The lowest BCUT2D eigenvalue weighted by molar-refractivity contribution is -0.123. The summed E-state index contributed by atoms with van der Waals surface area (Å²) in [6.45, 7) is 4.02. The van der Waals surface area contributed by atoms with Crippen molar-refractivity contribution in [3.63, 3.8) is 0 Å². The molecular formula is C20H21NO6. The molecule has 1 amide bonds. The Hall–Kier alpha value is -3.22. The van der Waals surface area contributed by atoms with Crippen LogP contribution in [-0.2, 0) is 9.53 Å². The third kappa shape index (κ3) is 4.69. The van der Waals surface area contributed by atoms with Crippen molar-refractivity contribution in [3.8, 4) is 17.2 Å². The number of carbonyl (C=O) groups excluding carboxylic acids is 2. The van der Waals surface area contributed by atoms with Crippen molar-refractivity contribution in [2.45, 2.75) is 19.9 Å². The van der Waals surface area contributed by atoms with E-state index in [1.807, 2.05) is 25.1 Å². The van der Waals surface area contributed by atoms with Crippen molar-refractivity contribution in [2.24, 2.45) is 0 Å². The molecule has 1 aliphatic heterocycles. The second-order valence-corrected chi connectivity index (χ2v) is 5.94. The molecule has 2 aromatic rings. The molecule has 0 aliphatic carbocycles. The predicted molar refractivity (Wildman–Crippen MR) is 97.0 cm³/mol. The van der Waals surface area contributed by atoms with Gasteiger partial charge in [0.1, 0.15) is 5.75 Å². The van der Waals surface area contributed by atoms with Gasteiger partial charge in [0.05, 0.1) is 18.2 Å². The van der Waals surface area contributed by atoms with Gasteiger partial charge in [-0.1, -0.05) is 6.07 Å². The molecule has 0 aromatic heterocycles. The molecule has 0 radical (unpaired) electrons. The van der Waals surface area contributed by atoms with Gasteiger partial charge in [0.15, 0.2) is 18.1 Å². The third-order valence-corrected chi connectivity index (χ3v) is 4.01. The van der Waals surface area contributed by atoms with E-state index in [0.29, 0.717) is 29.4 Å². The van der Waals surface area contributed by atoms with Crippen LogP contribution in [-0.4, -0.2) is 31.9 Å². The number of hydrogen-bond donors (Lipinski definition) is 1. The summed E-state index contributed by atoms with van der Waals surface area (Å²) in [5.74, 6) is 1.22. The maximum absolute atomic E-state index is 12.1. The van der Waals surface area contributed by atoms with Crippen molar-refractivity contribution in [3.05, 3.63) is 53.6 Å². The second kappa shape index (κ2) is 8.44. The number of amides is 1. The zero-order valence-electron chi connectivity index (χ0n) is 15.2. The Bertz CT molecular complexity index is 818. The van der Waals surface area contributed by atoms with Gasteiger partial charge in [0.2, 0.25) is 6.79 Å². The van der Waals surface area contributed by atoms with Crippen LogP contribution in [0.1, 0.15) is 35.8 Å². The van der Waals surface area contributed by atoms with Crippen molar-refractivity contribution in [1.29, 1.82) is 0 Å². The number of rotatable bonds is 7. The minimum Gasteiger partial charge on any atom is -0.484 e. The molecule has 0 fully saturated rings. The van der Waals surface area contributed by atoms with E-state index in [0.717, 1.165) is 5.56 Å². The fourth-order valence-corrected chi connectivity index (χ4v) is 2.60. The van der Waals surface area contributed by atoms with E-state index in [9.17, 15) is 9.59 Å². The molecule has 1 N–H and O–H groups in total. The minimum atomic E-state index is -0.389. The van der Waals surface area contributed by atoms with Crippen LogP contribution < -0.4 is 19.5 Å². The van der Waals surface area contributed by atoms with Gasteiger partial charge in [-0.15, -0.1) is 0 Å². The first-order valence-electron chi connectivity index (χ1n) is 8.65. The summed E-state index contributed by atoms with van der Waals surface area (Å²) in [4.78, 5) is 23.7. The Kier molecular flexibility index (Phi) is 5.80. The first-order valence-corrected chi connectivity index (χ1v) is 8.65. The van der Waals surface area contributed by atoms with Gasteiger partial charge in [0, 0.05) is 0 Å². The molecule has 0 saturated carbocycles. The van der Waals surface area contributed by atoms with Gasteiger partial charge in [-0.25, -0.2) is 4.79 Å². The standard InChI is InChI=1S/C20H21NO6/c1-3-24-20(23)14-4-7-16(8-5-14)25-11-19(22)21-13(2)15-6-9-17-18(10-15)27-12-26-17/h4-10,13H,3,11-12H2,1-2H3,(H,21,22)/t13-/m0/s1. The summed E-state index contributed by atoms with van der Waals surface area (Å²) in [7, 11) is 0. The fourth-order valence-electron chi connectivity index (χ4n) is 2.60. The molecule has 2 aromatic carbocycles. The lowest BCUT2D eigenvalue weighted by atomic mass is 10.1. The van der Waals surface area contributed by atoms with Crippen molar-refractivity contribution >= 4 is 11.9 Å². The van der Waals surface area contributed by atoms with Crippen LogP contribution in [0.4, 0.5) is 0 Å². The molecule has 0 unspecified atom stereocenters. The summed E-state index contributed by atoms with van der Waals surface area (Å²) >= 11 is 0. The summed E-state index contributed by atoms with van der Waals surface area (Å²) < 4.78 is 21.0. The van der Waals surface area contributed by atoms with Crippen molar-refractivity contribution < 1.29 is 28.5 Å². The Morgan fingerprint density at radius 1 is 1.11 bits per heavy atom. The summed E-state index contributed by atoms with van der Waals surface area (Å²) in [5.41, 5.74) is 1.34. The molecule has 142 valence electrons. The first kappa shape index (κ1) is 18.6. The van der Waals surface area contributed by atoms with E-state index >= 15 is 0 Å². The van der Waals surface area contributed by atoms with Gasteiger partial charge >= 0.3 is 5.97 Å². The van der Waals surface area contributed by atoms with Gasteiger partial charge in [-0.3, -0.25) is 4.79 Å². The van der Waals surface area contributed by atoms with E-state index in [-0.39, 0.29) is 31.3 Å².